The molecule has 0 aliphatic carbocycles. The van der Waals surface area contributed by atoms with Gasteiger partial charge in [-0.25, -0.2) is 0 Å². The highest BCUT2D eigenvalue weighted by atomic mass is 32.2. The summed E-state index contributed by atoms with van der Waals surface area (Å²) in [4.78, 5) is 13.5. The fourth-order valence-corrected chi connectivity index (χ4v) is 7.11. The molecule has 26 heavy (non-hydrogen) atoms. The van der Waals surface area contributed by atoms with Gasteiger partial charge in [0.25, 0.3) is 0 Å². The van der Waals surface area contributed by atoms with Gasteiger partial charge < -0.3 is 0 Å². The highest BCUT2D eigenvalue weighted by Crippen LogP contribution is 2.39. The molecule has 5 rings (SSSR count). The van der Waals surface area contributed by atoms with Gasteiger partial charge in [-0.15, -0.1) is 0 Å². The standard InChI is InChI=1S/C23H22O2S/c24-23(16-12-17-7-5-8-18(13-16)26(17)25)22-14-15-6-1-2-9-19(15)20-10-3-4-11-21(20)22/h1-4,6,9-11,14,16-18H,5,7-8,12-13H2. The third-order valence-corrected chi connectivity index (χ3v) is 8.38. The van der Waals surface area contributed by atoms with E-state index in [4.69, 9.17) is 0 Å². The van der Waals surface area contributed by atoms with Gasteiger partial charge in [-0.2, -0.15) is 0 Å². The van der Waals surface area contributed by atoms with Gasteiger partial charge in [-0.1, -0.05) is 55.0 Å². The fraction of sp³-hybridized carbons (Fsp3) is 0.348. The molecule has 2 aliphatic rings. The summed E-state index contributed by atoms with van der Waals surface area (Å²) >= 11 is 0. The molecule has 2 unspecified atom stereocenters. The van der Waals surface area contributed by atoms with E-state index in [0.29, 0.717) is 0 Å². The summed E-state index contributed by atoms with van der Waals surface area (Å²) in [5, 5.41) is 4.96. The molecule has 2 heterocycles. The summed E-state index contributed by atoms with van der Waals surface area (Å²) in [5.74, 6) is 0.271. The molecule has 2 aliphatic heterocycles. The van der Waals surface area contributed by atoms with Crippen molar-refractivity contribution < 1.29 is 9.00 Å². The van der Waals surface area contributed by atoms with Crippen LogP contribution in [0.2, 0.25) is 0 Å². The number of hydrogen-bond donors (Lipinski definition) is 0. The Bertz CT molecular complexity index is 1020. The van der Waals surface area contributed by atoms with E-state index in [1.54, 1.807) is 0 Å². The molecule has 2 bridgehead atoms. The zero-order chi connectivity index (χ0) is 17.7. The van der Waals surface area contributed by atoms with Crippen LogP contribution < -0.4 is 0 Å². The number of hydrogen-bond acceptors (Lipinski definition) is 2. The van der Waals surface area contributed by atoms with Crippen molar-refractivity contribution in [2.75, 3.05) is 0 Å². The van der Waals surface area contributed by atoms with Crippen molar-refractivity contribution in [1.29, 1.82) is 0 Å². The first-order valence-corrected chi connectivity index (χ1v) is 10.8. The van der Waals surface area contributed by atoms with Crippen molar-refractivity contribution in [2.24, 2.45) is 5.92 Å². The number of fused-ring (bicyclic) bond motifs is 5. The first-order chi connectivity index (χ1) is 12.7. The number of benzene rings is 3. The topological polar surface area (TPSA) is 34.1 Å². The first-order valence-electron chi connectivity index (χ1n) is 9.56. The third kappa shape index (κ3) is 2.52. The van der Waals surface area contributed by atoms with Gasteiger partial charge in [0.1, 0.15) is 0 Å². The average molecular weight is 362 g/mol. The minimum absolute atomic E-state index is 0.0209. The summed E-state index contributed by atoms with van der Waals surface area (Å²) in [5.41, 5.74) is 0.843. The predicted molar refractivity (Wildman–Crippen MR) is 108 cm³/mol. The second-order valence-electron chi connectivity index (χ2n) is 7.73. The Kier molecular flexibility index (Phi) is 3.93. The van der Waals surface area contributed by atoms with Gasteiger partial charge in [-0.05, 0) is 53.3 Å². The molecule has 0 saturated carbocycles. The van der Waals surface area contributed by atoms with E-state index in [2.05, 4.69) is 30.3 Å². The Morgan fingerprint density at radius 1 is 0.846 bits per heavy atom. The van der Waals surface area contributed by atoms with Crippen LogP contribution in [0, 0.1) is 5.92 Å². The lowest BCUT2D eigenvalue weighted by molar-refractivity contribution is 0.0897. The van der Waals surface area contributed by atoms with Crippen LogP contribution in [-0.2, 0) is 10.8 Å². The van der Waals surface area contributed by atoms with Crippen LogP contribution in [-0.4, -0.2) is 20.5 Å². The maximum Gasteiger partial charge on any atom is 0.166 e. The van der Waals surface area contributed by atoms with Crippen LogP contribution in [0.15, 0.2) is 54.6 Å². The van der Waals surface area contributed by atoms with Crippen LogP contribution in [0.25, 0.3) is 21.5 Å². The van der Waals surface area contributed by atoms with E-state index in [1.165, 1.54) is 11.8 Å². The monoisotopic (exact) mass is 362 g/mol. The van der Waals surface area contributed by atoms with E-state index >= 15 is 0 Å². The zero-order valence-corrected chi connectivity index (χ0v) is 15.5. The van der Waals surface area contributed by atoms with Crippen molar-refractivity contribution in [2.45, 2.75) is 42.6 Å². The predicted octanol–water partition coefficient (Wildman–Crippen LogP) is 5.26. The molecule has 2 nitrogen and oxygen atoms in total. The lowest BCUT2D eigenvalue weighted by Gasteiger charge is -2.37. The van der Waals surface area contributed by atoms with Gasteiger partial charge in [0.05, 0.1) is 0 Å². The van der Waals surface area contributed by atoms with Crippen molar-refractivity contribution in [3.63, 3.8) is 0 Å². The first kappa shape index (κ1) is 16.2. The highest BCUT2D eigenvalue weighted by molar-refractivity contribution is 7.86. The molecule has 0 spiro atoms. The Labute approximate surface area is 156 Å². The zero-order valence-electron chi connectivity index (χ0n) is 14.7. The van der Waals surface area contributed by atoms with Gasteiger partial charge >= 0.3 is 0 Å². The minimum Gasteiger partial charge on any atom is -0.294 e. The molecule has 132 valence electrons. The summed E-state index contributed by atoms with van der Waals surface area (Å²) in [6.45, 7) is 0. The molecule has 2 saturated heterocycles. The Morgan fingerprint density at radius 3 is 2.19 bits per heavy atom. The summed E-state index contributed by atoms with van der Waals surface area (Å²) < 4.78 is 12.5. The van der Waals surface area contributed by atoms with E-state index in [9.17, 15) is 9.00 Å². The van der Waals surface area contributed by atoms with Gasteiger partial charge in [0.15, 0.2) is 5.78 Å². The molecule has 0 radical (unpaired) electrons. The van der Waals surface area contributed by atoms with Crippen molar-refractivity contribution in [1.82, 2.24) is 0 Å². The number of carbonyl (C=O) groups excluding carboxylic acids is 1. The number of carbonyl (C=O) groups is 1. The van der Waals surface area contributed by atoms with Gasteiger partial charge in [0.2, 0.25) is 0 Å². The highest BCUT2D eigenvalue weighted by Gasteiger charge is 2.40. The normalized spacial score (nSPS) is 28.3. The number of ketones is 1. The minimum atomic E-state index is -0.731. The lowest BCUT2D eigenvalue weighted by atomic mass is 9.82. The molecular weight excluding hydrogens is 340 g/mol. The Hall–Kier alpha value is -2.00. The van der Waals surface area contributed by atoms with E-state index < -0.39 is 10.8 Å². The van der Waals surface area contributed by atoms with Crippen LogP contribution in [0.1, 0.15) is 42.5 Å². The van der Waals surface area contributed by atoms with Crippen molar-refractivity contribution >= 4 is 38.1 Å². The fourth-order valence-electron chi connectivity index (χ4n) is 4.93. The molecule has 0 N–H and O–H groups in total. The summed E-state index contributed by atoms with van der Waals surface area (Å²) in [6.07, 6.45) is 4.80. The van der Waals surface area contributed by atoms with Crippen LogP contribution in [0.4, 0.5) is 0 Å². The molecule has 3 aromatic rings. The lowest BCUT2D eigenvalue weighted by Crippen LogP contribution is -2.41. The second-order valence-corrected chi connectivity index (χ2v) is 9.72. The maximum atomic E-state index is 13.5. The molecule has 2 fully saturated rings. The van der Waals surface area contributed by atoms with Gasteiger partial charge in [-0.3, -0.25) is 9.00 Å². The summed E-state index contributed by atoms with van der Waals surface area (Å²) in [6, 6.07) is 18.6. The smallest absolute Gasteiger partial charge is 0.166 e. The van der Waals surface area contributed by atoms with E-state index in [1.807, 2.05) is 24.3 Å². The number of rotatable bonds is 2. The molecule has 0 amide bonds. The third-order valence-electron chi connectivity index (χ3n) is 6.21. The quantitative estimate of drug-likeness (QED) is 0.460. The maximum absolute atomic E-state index is 13.5. The molecule has 3 heteroatoms. The van der Waals surface area contributed by atoms with Crippen molar-refractivity contribution in [3.8, 4) is 0 Å². The van der Waals surface area contributed by atoms with E-state index in [0.717, 1.165) is 47.4 Å². The number of Topliss-reactive ketones (excluding diaryl/α,β-unsaturated/α-hetero) is 1. The second kappa shape index (κ2) is 6.31. The Morgan fingerprint density at radius 2 is 1.46 bits per heavy atom. The largest absolute Gasteiger partial charge is 0.294 e. The van der Waals surface area contributed by atoms with Crippen LogP contribution in [0.5, 0.6) is 0 Å². The molecule has 2 atom stereocenters. The molecule has 0 aromatic heterocycles. The van der Waals surface area contributed by atoms with Crippen LogP contribution in [0.3, 0.4) is 0 Å². The summed E-state index contributed by atoms with van der Waals surface area (Å²) in [7, 11) is -0.731. The molecular formula is C23H22O2S. The van der Waals surface area contributed by atoms with Crippen molar-refractivity contribution in [3.05, 3.63) is 60.2 Å². The molecule has 3 aromatic carbocycles. The average Bonchev–Trinajstić information content (AvgIpc) is 2.66. The van der Waals surface area contributed by atoms with Gasteiger partial charge in [0, 0.05) is 32.8 Å². The van der Waals surface area contributed by atoms with E-state index in [-0.39, 0.29) is 22.2 Å². The SMILES string of the molecule is O=C(c1cc2ccccc2c2ccccc12)C1CC2CCCC(C1)S2=O. The Balaban J connectivity index is 1.62. The van der Waals surface area contributed by atoms with Crippen LogP contribution >= 0.6 is 0 Å².